The van der Waals surface area contributed by atoms with Gasteiger partial charge in [-0.1, -0.05) is 0 Å². The summed E-state index contributed by atoms with van der Waals surface area (Å²) in [6.07, 6.45) is 0.724. The second kappa shape index (κ2) is 3.42. The van der Waals surface area contributed by atoms with Gasteiger partial charge in [0.25, 0.3) is 0 Å². The van der Waals surface area contributed by atoms with E-state index in [0.717, 1.165) is 28.7 Å². The number of furan rings is 1. The molecule has 0 saturated heterocycles. The van der Waals surface area contributed by atoms with E-state index in [1.165, 1.54) is 12.1 Å². The minimum atomic E-state index is -0.239. The van der Waals surface area contributed by atoms with E-state index >= 15 is 0 Å². The Kier molecular flexibility index (Phi) is 2.25. The van der Waals surface area contributed by atoms with Gasteiger partial charge in [0.15, 0.2) is 0 Å². The van der Waals surface area contributed by atoms with Crippen molar-refractivity contribution in [2.75, 3.05) is 6.54 Å². The maximum absolute atomic E-state index is 13.0. The molecule has 0 saturated carbocycles. The third kappa shape index (κ3) is 1.40. The second-order valence-corrected chi connectivity index (χ2v) is 3.32. The van der Waals surface area contributed by atoms with E-state index < -0.39 is 0 Å². The molecule has 0 aliphatic heterocycles. The van der Waals surface area contributed by atoms with Crippen LogP contribution in [0.5, 0.6) is 0 Å². The Bertz CT molecular complexity index is 462. The van der Waals surface area contributed by atoms with Gasteiger partial charge in [0.1, 0.15) is 17.2 Å². The van der Waals surface area contributed by atoms with E-state index in [2.05, 4.69) is 0 Å². The lowest BCUT2D eigenvalue weighted by Crippen LogP contribution is -2.02. The van der Waals surface area contributed by atoms with Crippen LogP contribution < -0.4 is 5.73 Å². The molecule has 0 bridgehead atoms. The van der Waals surface area contributed by atoms with Crippen molar-refractivity contribution in [3.05, 3.63) is 35.3 Å². The lowest BCUT2D eigenvalue weighted by molar-refractivity contribution is 0.570. The van der Waals surface area contributed by atoms with Crippen LogP contribution in [0, 0.1) is 12.7 Å². The SMILES string of the molecule is Cc1oc2ccc(F)cc2c1CCN. The highest BCUT2D eigenvalue weighted by Crippen LogP contribution is 2.26. The summed E-state index contributed by atoms with van der Waals surface area (Å²) in [5.41, 5.74) is 7.23. The Hall–Kier alpha value is -1.35. The first-order valence-corrected chi connectivity index (χ1v) is 4.60. The van der Waals surface area contributed by atoms with Gasteiger partial charge in [-0.3, -0.25) is 0 Å². The van der Waals surface area contributed by atoms with Crippen LogP contribution in [0.1, 0.15) is 11.3 Å². The fourth-order valence-corrected chi connectivity index (χ4v) is 1.70. The van der Waals surface area contributed by atoms with Crippen molar-refractivity contribution >= 4 is 11.0 Å². The topological polar surface area (TPSA) is 39.2 Å². The highest BCUT2D eigenvalue weighted by molar-refractivity contribution is 5.82. The van der Waals surface area contributed by atoms with Crippen molar-refractivity contribution < 1.29 is 8.81 Å². The fourth-order valence-electron chi connectivity index (χ4n) is 1.70. The van der Waals surface area contributed by atoms with Gasteiger partial charge in [-0.2, -0.15) is 0 Å². The highest BCUT2D eigenvalue weighted by atomic mass is 19.1. The molecule has 3 heteroatoms. The fraction of sp³-hybridized carbons (Fsp3) is 0.273. The first-order valence-electron chi connectivity index (χ1n) is 4.60. The van der Waals surface area contributed by atoms with E-state index in [4.69, 9.17) is 10.2 Å². The maximum Gasteiger partial charge on any atom is 0.134 e. The lowest BCUT2D eigenvalue weighted by atomic mass is 10.1. The summed E-state index contributed by atoms with van der Waals surface area (Å²) in [5.74, 6) is 0.590. The average Bonchev–Trinajstić information content (AvgIpc) is 2.45. The molecule has 2 aromatic rings. The summed E-state index contributed by atoms with van der Waals surface area (Å²) in [7, 11) is 0. The van der Waals surface area contributed by atoms with Gasteiger partial charge in [-0.25, -0.2) is 4.39 Å². The Balaban J connectivity index is 2.66. The molecule has 2 nitrogen and oxygen atoms in total. The summed E-state index contributed by atoms with van der Waals surface area (Å²) >= 11 is 0. The van der Waals surface area contributed by atoms with E-state index in [0.29, 0.717) is 6.54 Å². The van der Waals surface area contributed by atoms with Gasteiger partial charge in [0.2, 0.25) is 0 Å². The predicted molar refractivity (Wildman–Crippen MR) is 53.7 cm³/mol. The van der Waals surface area contributed by atoms with Gasteiger partial charge >= 0.3 is 0 Å². The van der Waals surface area contributed by atoms with Crippen LogP contribution in [-0.2, 0) is 6.42 Å². The highest BCUT2D eigenvalue weighted by Gasteiger charge is 2.10. The molecule has 14 heavy (non-hydrogen) atoms. The molecule has 0 aliphatic carbocycles. The van der Waals surface area contributed by atoms with Crippen molar-refractivity contribution in [2.45, 2.75) is 13.3 Å². The Morgan fingerprint density at radius 3 is 2.93 bits per heavy atom. The van der Waals surface area contributed by atoms with Gasteiger partial charge in [0, 0.05) is 10.9 Å². The van der Waals surface area contributed by atoms with Crippen LogP contribution in [0.2, 0.25) is 0 Å². The summed E-state index contributed by atoms with van der Waals surface area (Å²) in [5, 5.41) is 0.841. The molecule has 0 atom stereocenters. The number of nitrogens with two attached hydrogens (primary N) is 1. The smallest absolute Gasteiger partial charge is 0.134 e. The molecule has 1 aromatic heterocycles. The monoisotopic (exact) mass is 193 g/mol. The summed E-state index contributed by atoms with van der Waals surface area (Å²) in [4.78, 5) is 0. The van der Waals surface area contributed by atoms with Crippen LogP contribution >= 0.6 is 0 Å². The van der Waals surface area contributed by atoms with E-state index in [9.17, 15) is 4.39 Å². The molecule has 2 rings (SSSR count). The quantitative estimate of drug-likeness (QED) is 0.795. The molecule has 0 unspecified atom stereocenters. The minimum Gasteiger partial charge on any atom is -0.461 e. The first-order chi connectivity index (χ1) is 6.72. The molecule has 1 heterocycles. The van der Waals surface area contributed by atoms with Crippen molar-refractivity contribution in [3.63, 3.8) is 0 Å². The van der Waals surface area contributed by atoms with Crippen molar-refractivity contribution in [1.29, 1.82) is 0 Å². The Labute approximate surface area is 81.5 Å². The van der Waals surface area contributed by atoms with Crippen LogP contribution in [0.4, 0.5) is 4.39 Å². The van der Waals surface area contributed by atoms with Crippen LogP contribution in [0.3, 0.4) is 0 Å². The zero-order valence-corrected chi connectivity index (χ0v) is 8.01. The normalized spacial score (nSPS) is 11.1. The Morgan fingerprint density at radius 2 is 2.21 bits per heavy atom. The molecule has 0 radical (unpaired) electrons. The number of hydrogen-bond acceptors (Lipinski definition) is 2. The van der Waals surface area contributed by atoms with Crippen LogP contribution in [0.15, 0.2) is 22.6 Å². The largest absolute Gasteiger partial charge is 0.461 e. The molecule has 1 aromatic carbocycles. The third-order valence-corrected chi connectivity index (χ3v) is 2.35. The van der Waals surface area contributed by atoms with Gasteiger partial charge < -0.3 is 10.2 Å². The molecule has 2 N–H and O–H groups in total. The predicted octanol–water partition coefficient (Wildman–Crippen LogP) is 2.38. The average molecular weight is 193 g/mol. The standard InChI is InChI=1S/C11H12FNO/c1-7-9(4-5-13)10-6-8(12)2-3-11(10)14-7/h2-3,6H,4-5,13H2,1H3. The zero-order chi connectivity index (χ0) is 10.1. The molecular formula is C11H12FNO. The number of hydrogen-bond donors (Lipinski definition) is 1. The minimum absolute atomic E-state index is 0.239. The summed E-state index contributed by atoms with van der Waals surface area (Å²) < 4.78 is 18.5. The number of aryl methyl sites for hydroxylation is 1. The van der Waals surface area contributed by atoms with Crippen LogP contribution in [-0.4, -0.2) is 6.54 Å². The van der Waals surface area contributed by atoms with Crippen molar-refractivity contribution in [1.82, 2.24) is 0 Å². The number of fused-ring (bicyclic) bond motifs is 1. The number of benzene rings is 1. The lowest BCUT2D eigenvalue weighted by Gasteiger charge is -1.95. The zero-order valence-electron chi connectivity index (χ0n) is 8.01. The Morgan fingerprint density at radius 1 is 1.43 bits per heavy atom. The maximum atomic E-state index is 13.0. The van der Waals surface area contributed by atoms with Gasteiger partial charge in [-0.15, -0.1) is 0 Å². The summed E-state index contributed by atoms with van der Waals surface area (Å²) in [6, 6.07) is 4.55. The second-order valence-electron chi connectivity index (χ2n) is 3.32. The van der Waals surface area contributed by atoms with Gasteiger partial charge in [-0.05, 0) is 38.1 Å². The molecular weight excluding hydrogens is 181 g/mol. The van der Waals surface area contributed by atoms with Crippen molar-refractivity contribution in [2.24, 2.45) is 5.73 Å². The van der Waals surface area contributed by atoms with Crippen molar-refractivity contribution in [3.8, 4) is 0 Å². The van der Waals surface area contributed by atoms with E-state index in [-0.39, 0.29) is 5.82 Å². The third-order valence-electron chi connectivity index (χ3n) is 2.35. The number of rotatable bonds is 2. The molecule has 0 aliphatic rings. The molecule has 74 valence electrons. The first kappa shape index (κ1) is 9.21. The molecule has 0 amide bonds. The van der Waals surface area contributed by atoms with E-state index in [1.807, 2.05) is 6.92 Å². The summed E-state index contributed by atoms with van der Waals surface area (Å²) in [6.45, 7) is 2.43. The van der Waals surface area contributed by atoms with Gasteiger partial charge in [0.05, 0.1) is 0 Å². The van der Waals surface area contributed by atoms with E-state index in [1.54, 1.807) is 6.07 Å². The van der Waals surface area contributed by atoms with Crippen LogP contribution in [0.25, 0.3) is 11.0 Å². The molecule has 0 fully saturated rings. The molecule has 0 spiro atoms. The number of halogens is 1.